The predicted molar refractivity (Wildman–Crippen MR) is 106 cm³/mol. The molecule has 2 aromatic rings. The summed E-state index contributed by atoms with van der Waals surface area (Å²) >= 11 is 0. The molecule has 0 saturated carbocycles. The number of hydrogen-bond acceptors (Lipinski definition) is 4. The van der Waals surface area contributed by atoms with E-state index in [0.29, 0.717) is 43.2 Å². The minimum Gasteiger partial charge on any atom is -0.497 e. The van der Waals surface area contributed by atoms with E-state index >= 15 is 0 Å². The molecule has 160 valence electrons. The Bertz CT molecular complexity index is 892. The predicted octanol–water partition coefficient (Wildman–Crippen LogP) is 2.79. The van der Waals surface area contributed by atoms with Gasteiger partial charge < -0.3 is 19.9 Å². The standard InChI is InChI=1S/C21H22F3N3O3/c1-30-18-7-5-15(6-8-18)20(29)25-14-19(28)27-11-9-26(10-12-27)17-4-2-3-16(13-17)21(22,23)24/h2-8,13H,9-12,14H2,1H3,(H,25,29). The van der Waals surface area contributed by atoms with Gasteiger partial charge in [-0.15, -0.1) is 0 Å². The lowest BCUT2D eigenvalue weighted by Gasteiger charge is -2.36. The third kappa shape index (κ3) is 5.22. The van der Waals surface area contributed by atoms with E-state index in [0.717, 1.165) is 12.1 Å². The van der Waals surface area contributed by atoms with E-state index in [9.17, 15) is 22.8 Å². The van der Waals surface area contributed by atoms with Gasteiger partial charge in [0.2, 0.25) is 5.91 Å². The van der Waals surface area contributed by atoms with Gasteiger partial charge in [0.15, 0.2) is 0 Å². The van der Waals surface area contributed by atoms with Crippen molar-refractivity contribution in [2.45, 2.75) is 6.18 Å². The fourth-order valence-electron chi connectivity index (χ4n) is 3.21. The second kappa shape index (κ2) is 9.06. The topological polar surface area (TPSA) is 61.9 Å². The summed E-state index contributed by atoms with van der Waals surface area (Å²) in [5.41, 5.74) is 0.197. The van der Waals surface area contributed by atoms with Gasteiger partial charge >= 0.3 is 6.18 Å². The largest absolute Gasteiger partial charge is 0.497 e. The lowest BCUT2D eigenvalue weighted by Crippen LogP contribution is -2.51. The van der Waals surface area contributed by atoms with Gasteiger partial charge in [-0.25, -0.2) is 0 Å². The molecule has 1 heterocycles. The second-order valence-corrected chi connectivity index (χ2v) is 6.83. The van der Waals surface area contributed by atoms with Crippen LogP contribution in [0.25, 0.3) is 0 Å². The molecule has 1 aliphatic rings. The lowest BCUT2D eigenvalue weighted by atomic mass is 10.1. The Morgan fingerprint density at radius 3 is 2.30 bits per heavy atom. The number of alkyl halides is 3. The molecular formula is C21H22F3N3O3. The fourth-order valence-corrected chi connectivity index (χ4v) is 3.21. The van der Waals surface area contributed by atoms with Crippen LogP contribution in [0.15, 0.2) is 48.5 Å². The summed E-state index contributed by atoms with van der Waals surface area (Å²) < 4.78 is 43.7. The molecule has 2 aromatic carbocycles. The Morgan fingerprint density at radius 2 is 1.70 bits per heavy atom. The number of halogens is 3. The average molecular weight is 421 g/mol. The highest BCUT2D eigenvalue weighted by Gasteiger charge is 2.31. The van der Waals surface area contributed by atoms with E-state index in [1.165, 1.54) is 13.2 Å². The van der Waals surface area contributed by atoms with Crippen molar-refractivity contribution in [1.29, 1.82) is 0 Å². The summed E-state index contributed by atoms with van der Waals surface area (Å²) in [5, 5.41) is 2.59. The monoisotopic (exact) mass is 421 g/mol. The smallest absolute Gasteiger partial charge is 0.416 e. The zero-order valence-electron chi connectivity index (χ0n) is 16.4. The lowest BCUT2D eigenvalue weighted by molar-refractivity contribution is -0.137. The van der Waals surface area contributed by atoms with Crippen LogP contribution in [0.2, 0.25) is 0 Å². The van der Waals surface area contributed by atoms with Gasteiger partial charge in [-0.05, 0) is 42.5 Å². The van der Waals surface area contributed by atoms with Crippen LogP contribution in [0, 0.1) is 0 Å². The number of amides is 2. The number of methoxy groups -OCH3 is 1. The molecule has 0 aromatic heterocycles. The third-order valence-corrected chi connectivity index (χ3v) is 4.92. The van der Waals surface area contributed by atoms with E-state index < -0.39 is 11.7 Å². The molecule has 0 radical (unpaired) electrons. The van der Waals surface area contributed by atoms with Crippen LogP contribution in [0.5, 0.6) is 5.75 Å². The first-order chi connectivity index (χ1) is 14.3. The van der Waals surface area contributed by atoms with Crippen LogP contribution in [-0.4, -0.2) is 56.5 Å². The number of hydrogen-bond donors (Lipinski definition) is 1. The Hall–Kier alpha value is -3.23. The van der Waals surface area contributed by atoms with Gasteiger partial charge in [0.05, 0.1) is 19.2 Å². The third-order valence-electron chi connectivity index (χ3n) is 4.92. The first kappa shape index (κ1) is 21.5. The maximum Gasteiger partial charge on any atom is 0.416 e. The zero-order chi connectivity index (χ0) is 21.7. The molecule has 1 fully saturated rings. The molecule has 0 unspecified atom stereocenters. The Kier molecular flexibility index (Phi) is 6.49. The van der Waals surface area contributed by atoms with Crippen molar-refractivity contribution in [3.8, 4) is 5.75 Å². The van der Waals surface area contributed by atoms with Crippen LogP contribution in [0.4, 0.5) is 18.9 Å². The molecule has 0 atom stereocenters. The zero-order valence-corrected chi connectivity index (χ0v) is 16.4. The summed E-state index contributed by atoms with van der Waals surface area (Å²) in [5.74, 6) is 0.0235. The van der Waals surface area contributed by atoms with E-state index in [2.05, 4.69) is 5.32 Å². The quantitative estimate of drug-likeness (QED) is 0.807. The first-order valence-electron chi connectivity index (χ1n) is 9.40. The molecule has 0 aliphatic carbocycles. The molecule has 6 nitrogen and oxygen atoms in total. The number of carbonyl (C=O) groups excluding carboxylic acids is 2. The number of rotatable bonds is 5. The molecule has 1 saturated heterocycles. The van der Waals surface area contributed by atoms with Gasteiger partial charge in [0, 0.05) is 37.4 Å². The van der Waals surface area contributed by atoms with E-state index in [4.69, 9.17) is 4.74 Å². The first-order valence-corrected chi connectivity index (χ1v) is 9.40. The summed E-state index contributed by atoms with van der Waals surface area (Å²) in [6.45, 7) is 1.42. The molecule has 9 heteroatoms. The van der Waals surface area contributed by atoms with Gasteiger partial charge in [0.25, 0.3) is 5.91 Å². The van der Waals surface area contributed by atoms with Crippen LogP contribution in [0.1, 0.15) is 15.9 Å². The molecule has 0 spiro atoms. The molecule has 3 rings (SSSR count). The second-order valence-electron chi connectivity index (χ2n) is 6.83. The maximum absolute atomic E-state index is 12.9. The van der Waals surface area contributed by atoms with Gasteiger partial charge in [-0.3, -0.25) is 9.59 Å². The number of ether oxygens (including phenoxy) is 1. The molecule has 1 aliphatic heterocycles. The number of carbonyl (C=O) groups is 2. The average Bonchev–Trinajstić information content (AvgIpc) is 2.77. The van der Waals surface area contributed by atoms with Gasteiger partial charge in [-0.2, -0.15) is 13.2 Å². The summed E-state index contributed by atoms with van der Waals surface area (Å²) in [6, 6.07) is 11.7. The van der Waals surface area contributed by atoms with E-state index in [1.54, 1.807) is 35.2 Å². The van der Waals surface area contributed by atoms with Crippen molar-refractivity contribution in [3.63, 3.8) is 0 Å². The molecule has 1 N–H and O–H groups in total. The minimum atomic E-state index is -4.39. The van der Waals surface area contributed by atoms with Crippen molar-refractivity contribution in [2.75, 3.05) is 44.7 Å². The molecule has 2 amide bonds. The van der Waals surface area contributed by atoms with Crippen LogP contribution >= 0.6 is 0 Å². The van der Waals surface area contributed by atoms with E-state index in [1.807, 2.05) is 4.90 Å². The highest BCUT2D eigenvalue weighted by molar-refractivity contribution is 5.96. The van der Waals surface area contributed by atoms with E-state index in [-0.39, 0.29) is 18.4 Å². The van der Waals surface area contributed by atoms with Crippen LogP contribution in [-0.2, 0) is 11.0 Å². The van der Waals surface area contributed by atoms with Crippen molar-refractivity contribution in [2.24, 2.45) is 0 Å². The SMILES string of the molecule is COc1ccc(C(=O)NCC(=O)N2CCN(c3cccc(C(F)(F)F)c3)CC2)cc1. The number of piperazine rings is 1. The summed E-state index contributed by atoms with van der Waals surface area (Å²) in [6.07, 6.45) is -4.39. The van der Waals surface area contributed by atoms with Crippen LogP contribution < -0.4 is 15.0 Å². The number of benzene rings is 2. The fraction of sp³-hybridized carbons (Fsp3) is 0.333. The van der Waals surface area contributed by atoms with Crippen molar-refractivity contribution in [1.82, 2.24) is 10.2 Å². The van der Waals surface area contributed by atoms with Crippen LogP contribution in [0.3, 0.4) is 0 Å². The summed E-state index contributed by atoms with van der Waals surface area (Å²) in [4.78, 5) is 28.0. The highest BCUT2D eigenvalue weighted by atomic mass is 19.4. The van der Waals surface area contributed by atoms with Crippen molar-refractivity contribution in [3.05, 3.63) is 59.7 Å². The number of nitrogens with zero attached hydrogens (tertiary/aromatic N) is 2. The van der Waals surface area contributed by atoms with Crippen molar-refractivity contribution >= 4 is 17.5 Å². The minimum absolute atomic E-state index is 0.144. The molecular weight excluding hydrogens is 399 g/mol. The number of nitrogens with one attached hydrogen (secondary N) is 1. The maximum atomic E-state index is 12.9. The number of anilines is 1. The van der Waals surface area contributed by atoms with Crippen molar-refractivity contribution < 1.29 is 27.5 Å². The Labute approximate surface area is 172 Å². The Morgan fingerprint density at radius 1 is 1.03 bits per heavy atom. The highest BCUT2D eigenvalue weighted by Crippen LogP contribution is 2.31. The normalized spacial score (nSPS) is 14.4. The van der Waals surface area contributed by atoms with Gasteiger partial charge in [-0.1, -0.05) is 6.07 Å². The Balaban J connectivity index is 1.50. The summed E-state index contributed by atoms with van der Waals surface area (Å²) in [7, 11) is 1.53. The molecule has 30 heavy (non-hydrogen) atoms. The molecule has 0 bridgehead atoms. The van der Waals surface area contributed by atoms with Gasteiger partial charge in [0.1, 0.15) is 5.75 Å².